The van der Waals surface area contributed by atoms with Crippen LogP contribution in [0.25, 0.3) is 10.9 Å². The first kappa shape index (κ1) is 19.2. The monoisotopic (exact) mass is 376 g/mol. The molecule has 0 amide bonds. The van der Waals surface area contributed by atoms with Crippen LogP contribution in [0.2, 0.25) is 0 Å². The number of aromatic amines is 1. The van der Waals surface area contributed by atoms with Gasteiger partial charge in [0.15, 0.2) is 17.3 Å². The van der Waals surface area contributed by atoms with Crippen LogP contribution in [0.3, 0.4) is 0 Å². The average Bonchev–Trinajstić information content (AvgIpc) is 2.67. The Kier molecular flexibility index (Phi) is 5.95. The molecule has 27 heavy (non-hydrogen) atoms. The van der Waals surface area contributed by atoms with Crippen LogP contribution in [0.1, 0.15) is 25.6 Å². The summed E-state index contributed by atoms with van der Waals surface area (Å²) in [5, 5.41) is 0.453. The maximum absolute atomic E-state index is 12.5. The van der Waals surface area contributed by atoms with Crippen molar-refractivity contribution in [1.29, 1.82) is 0 Å². The lowest BCUT2D eigenvalue weighted by molar-refractivity contribution is -0.921. The fourth-order valence-electron chi connectivity index (χ4n) is 3.61. The zero-order valence-corrected chi connectivity index (χ0v) is 16.0. The number of ether oxygens (including phenoxy) is 3. The summed E-state index contributed by atoms with van der Waals surface area (Å²) in [7, 11) is 3.07. The van der Waals surface area contributed by atoms with E-state index in [9.17, 15) is 9.59 Å². The lowest BCUT2D eigenvalue weighted by atomic mass is 9.98. The molecule has 1 unspecified atom stereocenters. The van der Waals surface area contributed by atoms with Crippen molar-refractivity contribution in [3.8, 4) is 11.5 Å². The third-order valence-electron chi connectivity index (χ3n) is 4.92. The third kappa shape index (κ3) is 4.21. The Morgan fingerprint density at radius 1 is 1.30 bits per heavy atom. The van der Waals surface area contributed by atoms with Gasteiger partial charge in [0.1, 0.15) is 12.5 Å². The van der Waals surface area contributed by atoms with Crippen LogP contribution in [-0.4, -0.2) is 49.9 Å². The van der Waals surface area contributed by atoms with Gasteiger partial charge >= 0.3 is 5.97 Å². The molecule has 0 radical (unpaired) electrons. The SMILES string of the molecule is CCOC(=O)[C@H]1CCC[NH+](Cc2nc3cc(OC)c(OC)cc3c(=O)[nH]2)C1. The van der Waals surface area contributed by atoms with Crippen LogP contribution in [0.5, 0.6) is 11.5 Å². The molecule has 1 aliphatic rings. The molecule has 2 atom stereocenters. The summed E-state index contributed by atoms with van der Waals surface area (Å²) in [5.41, 5.74) is 0.346. The fourth-order valence-corrected chi connectivity index (χ4v) is 3.61. The van der Waals surface area contributed by atoms with Gasteiger partial charge in [0, 0.05) is 6.07 Å². The summed E-state index contributed by atoms with van der Waals surface area (Å²) in [6.07, 6.45) is 1.79. The standard InChI is InChI=1S/C19H25N3O5/c1-4-27-19(24)12-6-5-7-22(10-12)11-17-20-14-9-16(26-3)15(25-2)8-13(14)18(23)21-17/h8-9,12H,4-7,10-11H2,1-3H3,(H,20,21,23)/p+1/t12-/m0/s1. The van der Waals surface area contributed by atoms with E-state index in [2.05, 4.69) is 9.97 Å². The van der Waals surface area contributed by atoms with E-state index in [1.165, 1.54) is 12.0 Å². The van der Waals surface area contributed by atoms with E-state index in [0.29, 0.717) is 47.9 Å². The number of piperidine rings is 1. The Bertz CT molecular complexity index is 880. The van der Waals surface area contributed by atoms with Crippen molar-refractivity contribution in [2.75, 3.05) is 33.9 Å². The Balaban J connectivity index is 1.82. The molecule has 2 aromatic rings. The largest absolute Gasteiger partial charge is 0.493 e. The Morgan fingerprint density at radius 2 is 2.04 bits per heavy atom. The lowest BCUT2D eigenvalue weighted by Gasteiger charge is -2.28. The zero-order chi connectivity index (χ0) is 19.4. The number of benzene rings is 1. The topological polar surface area (TPSA) is 94.9 Å². The van der Waals surface area contributed by atoms with Crippen LogP contribution < -0.4 is 19.9 Å². The number of rotatable bonds is 6. The van der Waals surface area contributed by atoms with E-state index in [1.54, 1.807) is 19.2 Å². The second kappa shape index (κ2) is 8.39. The number of carbonyl (C=O) groups excluding carboxylic acids is 1. The summed E-state index contributed by atoms with van der Waals surface area (Å²) in [6, 6.07) is 3.34. The van der Waals surface area contributed by atoms with E-state index in [1.807, 2.05) is 6.92 Å². The van der Waals surface area contributed by atoms with Gasteiger partial charge < -0.3 is 24.1 Å². The van der Waals surface area contributed by atoms with Gasteiger partial charge in [-0.1, -0.05) is 0 Å². The molecule has 0 aliphatic carbocycles. The number of quaternary nitrogens is 1. The predicted molar refractivity (Wildman–Crippen MR) is 99.2 cm³/mol. The molecular weight excluding hydrogens is 350 g/mol. The van der Waals surface area contributed by atoms with Crippen molar-refractivity contribution < 1.29 is 23.9 Å². The van der Waals surface area contributed by atoms with Gasteiger partial charge in [0.05, 0.1) is 44.8 Å². The Labute approximate surface area is 157 Å². The maximum Gasteiger partial charge on any atom is 0.314 e. The molecule has 0 spiro atoms. The number of nitrogens with one attached hydrogen (secondary N) is 2. The van der Waals surface area contributed by atoms with E-state index in [-0.39, 0.29) is 17.4 Å². The molecule has 8 nitrogen and oxygen atoms in total. The van der Waals surface area contributed by atoms with E-state index < -0.39 is 0 Å². The van der Waals surface area contributed by atoms with Crippen LogP contribution in [0.4, 0.5) is 0 Å². The number of fused-ring (bicyclic) bond motifs is 1. The lowest BCUT2D eigenvalue weighted by Crippen LogP contribution is -3.12. The summed E-state index contributed by atoms with van der Waals surface area (Å²) in [5.74, 6) is 1.39. The van der Waals surface area contributed by atoms with E-state index in [4.69, 9.17) is 14.2 Å². The molecular formula is C19H26N3O5+. The van der Waals surface area contributed by atoms with Gasteiger partial charge in [-0.15, -0.1) is 0 Å². The third-order valence-corrected chi connectivity index (χ3v) is 4.92. The maximum atomic E-state index is 12.5. The first-order valence-corrected chi connectivity index (χ1v) is 9.20. The summed E-state index contributed by atoms with van der Waals surface area (Å²) in [4.78, 5) is 33.2. The van der Waals surface area contributed by atoms with Crippen molar-refractivity contribution in [3.63, 3.8) is 0 Å². The molecule has 2 N–H and O–H groups in total. The highest BCUT2D eigenvalue weighted by Crippen LogP contribution is 2.29. The van der Waals surface area contributed by atoms with Crippen LogP contribution in [0, 0.1) is 5.92 Å². The molecule has 1 aliphatic heterocycles. The molecule has 1 aromatic carbocycles. The molecule has 1 saturated heterocycles. The van der Waals surface area contributed by atoms with Gasteiger partial charge in [-0.25, -0.2) is 4.98 Å². The Hall–Kier alpha value is -2.61. The van der Waals surface area contributed by atoms with Crippen LogP contribution in [-0.2, 0) is 16.1 Å². The molecule has 8 heteroatoms. The predicted octanol–water partition coefficient (Wildman–Crippen LogP) is 0.298. The van der Waals surface area contributed by atoms with Crippen LogP contribution in [0.15, 0.2) is 16.9 Å². The number of likely N-dealkylation sites (tertiary alicyclic amines) is 1. The highest BCUT2D eigenvalue weighted by molar-refractivity contribution is 5.81. The number of hydrogen-bond acceptors (Lipinski definition) is 6. The average molecular weight is 376 g/mol. The van der Waals surface area contributed by atoms with Gasteiger partial charge in [0.25, 0.3) is 5.56 Å². The number of nitrogens with zero attached hydrogens (tertiary/aromatic N) is 1. The van der Waals surface area contributed by atoms with Crippen molar-refractivity contribution in [1.82, 2.24) is 9.97 Å². The smallest absolute Gasteiger partial charge is 0.314 e. The van der Waals surface area contributed by atoms with Gasteiger partial charge in [-0.2, -0.15) is 0 Å². The van der Waals surface area contributed by atoms with Crippen molar-refractivity contribution in [2.24, 2.45) is 5.92 Å². The number of H-pyrrole nitrogens is 1. The highest BCUT2D eigenvalue weighted by atomic mass is 16.5. The molecule has 0 bridgehead atoms. The second-order valence-corrected chi connectivity index (χ2v) is 6.71. The molecule has 0 saturated carbocycles. The molecule has 146 valence electrons. The summed E-state index contributed by atoms with van der Waals surface area (Å²) >= 11 is 0. The summed E-state index contributed by atoms with van der Waals surface area (Å²) in [6.45, 7) is 4.39. The number of hydrogen-bond donors (Lipinski definition) is 2. The molecule has 1 fully saturated rings. The molecule has 3 rings (SSSR count). The van der Waals surface area contributed by atoms with Gasteiger partial charge in [0.2, 0.25) is 0 Å². The number of carbonyl (C=O) groups is 1. The van der Waals surface area contributed by atoms with Crippen molar-refractivity contribution in [2.45, 2.75) is 26.3 Å². The number of methoxy groups -OCH3 is 2. The van der Waals surface area contributed by atoms with Crippen molar-refractivity contribution >= 4 is 16.9 Å². The van der Waals surface area contributed by atoms with Crippen LogP contribution >= 0.6 is 0 Å². The minimum absolute atomic E-state index is 0.0924. The van der Waals surface area contributed by atoms with Gasteiger partial charge in [-0.3, -0.25) is 9.59 Å². The first-order valence-electron chi connectivity index (χ1n) is 9.20. The molecule has 1 aromatic heterocycles. The Morgan fingerprint density at radius 3 is 2.74 bits per heavy atom. The quantitative estimate of drug-likeness (QED) is 0.704. The number of aromatic nitrogens is 2. The van der Waals surface area contributed by atoms with Crippen molar-refractivity contribution in [3.05, 3.63) is 28.3 Å². The normalized spacial score (nSPS) is 19.7. The van der Waals surface area contributed by atoms with Gasteiger partial charge in [-0.05, 0) is 25.8 Å². The zero-order valence-electron chi connectivity index (χ0n) is 16.0. The first-order chi connectivity index (χ1) is 13.0. The van der Waals surface area contributed by atoms with E-state index >= 15 is 0 Å². The van der Waals surface area contributed by atoms with E-state index in [0.717, 1.165) is 19.4 Å². The molecule has 2 heterocycles. The minimum atomic E-state index is -0.214. The second-order valence-electron chi connectivity index (χ2n) is 6.71. The fraction of sp³-hybridized carbons (Fsp3) is 0.526. The number of esters is 1. The highest BCUT2D eigenvalue weighted by Gasteiger charge is 2.30. The summed E-state index contributed by atoms with van der Waals surface area (Å²) < 4.78 is 15.7. The minimum Gasteiger partial charge on any atom is -0.493 e.